The lowest BCUT2D eigenvalue weighted by molar-refractivity contribution is -0.131. The number of carbonyl (C=O) groups excluding carboxylic acids is 2. The molecule has 1 fully saturated rings. The van der Waals surface area contributed by atoms with Gasteiger partial charge in [-0.2, -0.15) is 0 Å². The van der Waals surface area contributed by atoms with Gasteiger partial charge in [0.2, 0.25) is 5.91 Å². The molecule has 2 N–H and O–H groups in total. The maximum Gasteiger partial charge on any atom is 0.314 e. The highest BCUT2D eigenvalue weighted by atomic mass is 16.2. The first-order chi connectivity index (χ1) is 11.1. The van der Waals surface area contributed by atoms with Crippen LogP contribution in [0.5, 0.6) is 0 Å². The number of hydrogen-bond acceptors (Lipinski definition) is 2. The number of urea groups is 1. The number of carbonyl (C=O) groups is 2. The van der Waals surface area contributed by atoms with E-state index < -0.39 is 6.03 Å². The zero-order chi connectivity index (χ0) is 16.4. The van der Waals surface area contributed by atoms with Crippen LogP contribution in [0.1, 0.15) is 12.0 Å². The van der Waals surface area contributed by atoms with Crippen LogP contribution in [0.3, 0.4) is 0 Å². The number of benzene rings is 1. The first kappa shape index (κ1) is 15.4. The molecule has 0 radical (unpaired) electrons. The van der Waals surface area contributed by atoms with E-state index in [1.807, 2.05) is 33.9 Å². The maximum absolute atomic E-state index is 12.6. The van der Waals surface area contributed by atoms with Gasteiger partial charge < -0.3 is 20.1 Å². The Kier molecular flexibility index (Phi) is 4.23. The van der Waals surface area contributed by atoms with E-state index in [-0.39, 0.29) is 5.91 Å². The molecule has 0 aliphatic carbocycles. The summed E-state index contributed by atoms with van der Waals surface area (Å²) >= 11 is 0. The van der Waals surface area contributed by atoms with Gasteiger partial charge in [0.25, 0.3) is 0 Å². The van der Waals surface area contributed by atoms with Crippen molar-refractivity contribution in [3.05, 3.63) is 36.0 Å². The average molecular weight is 314 g/mol. The second-order valence-corrected chi connectivity index (χ2v) is 6.02. The molecule has 1 aromatic heterocycles. The van der Waals surface area contributed by atoms with Crippen LogP contribution in [0.15, 0.2) is 30.5 Å². The Labute approximate surface area is 135 Å². The largest absolute Gasteiger partial charge is 0.351 e. The number of primary amides is 1. The molecule has 1 aliphatic rings. The predicted octanol–water partition coefficient (Wildman–Crippen LogP) is 1.56. The normalized spacial score (nSPS) is 15.7. The molecule has 3 rings (SSSR count). The summed E-state index contributed by atoms with van der Waals surface area (Å²) in [5.74, 6) is 0.0806. The Morgan fingerprint density at radius 1 is 1.09 bits per heavy atom. The SMILES string of the molecule is Cc1cn(CC(=O)N2CCCN(C(N)=O)CC2)c2ccccc12. The van der Waals surface area contributed by atoms with E-state index in [9.17, 15) is 9.59 Å². The zero-order valence-corrected chi connectivity index (χ0v) is 13.4. The van der Waals surface area contributed by atoms with Crippen molar-refractivity contribution in [2.75, 3.05) is 26.2 Å². The Hall–Kier alpha value is -2.50. The smallest absolute Gasteiger partial charge is 0.314 e. The van der Waals surface area contributed by atoms with Gasteiger partial charge in [-0.15, -0.1) is 0 Å². The molecule has 0 saturated carbocycles. The van der Waals surface area contributed by atoms with Crippen LogP contribution in [0, 0.1) is 6.92 Å². The van der Waals surface area contributed by atoms with E-state index in [0.717, 1.165) is 11.9 Å². The number of amides is 3. The lowest BCUT2D eigenvalue weighted by atomic mass is 10.2. The van der Waals surface area contributed by atoms with Crippen molar-refractivity contribution in [2.24, 2.45) is 5.73 Å². The van der Waals surface area contributed by atoms with Crippen molar-refractivity contribution < 1.29 is 9.59 Å². The zero-order valence-electron chi connectivity index (χ0n) is 13.4. The topological polar surface area (TPSA) is 71.6 Å². The first-order valence-electron chi connectivity index (χ1n) is 7.93. The maximum atomic E-state index is 12.6. The second-order valence-electron chi connectivity index (χ2n) is 6.02. The molecule has 23 heavy (non-hydrogen) atoms. The van der Waals surface area contributed by atoms with Crippen molar-refractivity contribution in [1.82, 2.24) is 14.4 Å². The summed E-state index contributed by atoms with van der Waals surface area (Å²) in [6, 6.07) is 7.69. The predicted molar refractivity (Wildman–Crippen MR) is 89.0 cm³/mol. The van der Waals surface area contributed by atoms with E-state index >= 15 is 0 Å². The van der Waals surface area contributed by atoms with E-state index in [4.69, 9.17) is 5.73 Å². The molecule has 122 valence electrons. The third-order valence-electron chi connectivity index (χ3n) is 4.45. The summed E-state index contributed by atoms with van der Waals surface area (Å²) < 4.78 is 2.00. The Balaban J connectivity index is 1.72. The molecule has 2 aromatic rings. The molecule has 3 amide bonds. The summed E-state index contributed by atoms with van der Waals surface area (Å²) in [7, 11) is 0. The Bertz CT molecular complexity index is 737. The van der Waals surface area contributed by atoms with Crippen LogP contribution in [0.25, 0.3) is 10.9 Å². The molecule has 2 heterocycles. The van der Waals surface area contributed by atoms with Crippen LogP contribution >= 0.6 is 0 Å². The third-order valence-corrected chi connectivity index (χ3v) is 4.45. The van der Waals surface area contributed by atoms with Gasteiger partial charge in [-0.3, -0.25) is 4.79 Å². The van der Waals surface area contributed by atoms with Crippen LogP contribution in [0.2, 0.25) is 0 Å². The fraction of sp³-hybridized carbons (Fsp3) is 0.412. The van der Waals surface area contributed by atoms with Gasteiger partial charge in [-0.25, -0.2) is 4.79 Å². The number of rotatable bonds is 2. The van der Waals surface area contributed by atoms with Gasteiger partial charge >= 0.3 is 6.03 Å². The lowest BCUT2D eigenvalue weighted by Gasteiger charge is -2.21. The Morgan fingerprint density at radius 2 is 1.78 bits per heavy atom. The highest BCUT2D eigenvalue weighted by Crippen LogP contribution is 2.20. The molecule has 6 heteroatoms. The van der Waals surface area contributed by atoms with Crippen LogP contribution in [-0.4, -0.2) is 52.5 Å². The monoisotopic (exact) mass is 314 g/mol. The van der Waals surface area contributed by atoms with E-state index in [0.29, 0.717) is 32.7 Å². The molecular formula is C17H22N4O2. The van der Waals surface area contributed by atoms with Gasteiger partial charge in [0.1, 0.15) is 6.54 Å². The summed E-state index contributed by atoms with van der Waals surface area (Å²) in [4.78, 5) is 27.3. The standard InChI is InChI=1S/C17H22N4O2/c1-13-11-21(15-6-3-2-5-14(13)15)12-16(22)19-7-4-8-20(10-9-19)17(18)23/h2-3,5-6,11H,4,7-10,12H2,1H3,(H2,18,23). The number of para-hydroxylation sites is 1. The average Bonchev–Trinajstić information content (AvgIpc) is 2.73. The lowest BCUT2D eigenvalue weighted by Crippen LogP contribution is -2.40. The third kappa shape index (κ3) is 3.16. The fourth-order valence-electron chi connectivity index (χ4n) is 3.19. The van der Waals surface area contributed by atoms with E-state index in [2.05, 4.69) is 13.0 Å². The molecular weight excluding hydrogens is 292 g/mol. The fourth-order valence-corrected chi connectivity index (χ4v) is 3.19. The second kappa shape index (κ2) is 6.32. The minimum absolute atomic E-state index is 0.0806. The van der Waals surface area contributed by atoms with Gasteiger partial charge in [-0.1, -0.05) is 18.2 Å². The van der Waals surface area contributed by atoms with Crippen molar-refractivity contribution in [3.63, 3.8) is 0 Å². The number of nitrogens with two attached hydrogens (primary N) is 1. The highest BCUT2D eigenvalue weighted by Gasteiger charge is 2.21. The molecule has 6 nitrogen and oxygen atoms in total. The van der Waals surface area contributed by atoms with Crippen molar-refractivity contribution >= 4 is 22.8 Å². The molecule has 1 aliphatic heterocycles. The number of hydrogen-bond donors (Lipinski definition) is 1. The number of aromatic nitrogens is 1. The molecule has 1 saturated heterocycles. The van der Waals surface area contributed by atoms with Crippen LogP contribution in [0.4, 0.5) is 4.79 Å². The summed E-state index contributed by atoms with van der Waals surface area (Å²) in [5.41, 5.74) is 7.57. The van der Waals surface area contributed by atoms with Crippen molar-refractivity contribution in [2.45, 2.75) is 19.9 Å². The Morgan fingerprint density at radius 3 is 2.57 bits per heavy atom. The summed E-state index contributed by atoms with van der Waals surface area (Å²) in [6.07, 6.45) is 2.79. The summed E-state index contributed by atoms with van der Waals surface area (Å²) in [6.45, 7) is 4.71. The van der Waals surface area contributed by atoms with Crippen LogP contribution < -0.4 is 5.73 Å². The number of fused-ring (bicyclic) bond motifs is 1. The van der Waals surface area contributed by atoms with Gasteiger partial charge in [-0.05, 0) is 25.0 Å². The van der Waals surface area contributed by atoms with E-state index in [1.165, 1.54) is 10.9 Å². The molecule has 0 unspecified atom stereocenters. The molecule has 1 aromatic carbocycles. The number of aryl methyl sites for hydroxylation is 1. The molecule has 0 spiro atoms. The minimum atomic E-state index is -0.411. The number of nitrogens with zero attached hydrogens (tertiary/aromatic N) is 3. The van der Waals surface area contributed by atoms with Gasteiger partial charge in [0.05, 0.1) is 0 Å². The molecule has 0 bridgehead atoms. The van der Waals surface area contributed by atoms with Gasteiger partial charge in [0, 0.05) is 43.3 Å². The van der Waals surface area contributed by atoms with Crippen molar-refractivity contribution in [3.8, 4) is 0 Å². The van der Waals surface area contributed by atoms with Gasteiger partial charge in [0.15, 0.2) is 0 Å². The first-order valence-corrected chi connectivity index (χ1v) is 7.93. The quantitative estimate of drug-likeness (QED) is 0.914. The molecule has 0 atom stereocenters. The minimum Gasteiger partial charge on any atom is -0.351 e. The van der Waals surface area contributed by atoms with E-state index in [1.54, 1.807) is 4.90 Å². The highest BCUT2D eigenvalue weighted by molar-refractivity contribution is 5.86. The van der Waals surface area contributed by atoms with Crippen LogP contribution in [-0.2, 0) is 11.3 Å². The summed E-state index contributed by atoms with van der Waals surface area (Å²) in [5, 5.41) is 1.18. The van der Waals surface area contributed by atoms with Crippen molar-refractivity contribution in [1.29, 1.82) is 0 Å².